The van der Waals surface area contributed by atoms with Crippen LogP contribution in [0.3, 0.4) is 0 Å². The number of Topliss-reactive ketones (excluding diaryl/α,β-unsaturated/α-hetero) is 1. The number of alkyl halides is 1. The van der Waals surface area contributed by atoms with Gasteiger partial charge in [-0.05, 0) is 18.9 Å². The Hall–Kier alpha value is -1.83. The molecule has 7 nitrogen and oxygen atoms in total. The van der Waals surface area contributed by atoms with Crippen molar-refractivity contribution in [2.75, 3.05) is 5.33 Å². The monoisotopic (exact) mass is 344 g/mol. The number of hydrogen-bond acceptors (Lipinski definition) is 5. The fourth-order valence-corrected chi connectivity index (χ4v) is 1.99. The van der Waals surface area contributed by atoms with E-state index in [1.165, 1.54) is 12.1 Å². The van der Waals surface area contributed by atoms with Gasteiger partial charge in [-0.15, -0.1) is 0 Å². The van der Waals surface area contributed by atoms with Crippen LogP contribution in [0, 0.1) is 20.2 Å². The summed E-state index contributed by atoms with van der Waals surface area (Å²) in [6.07, 6.45) is 1.56. The molecule has 0 aliphatic carbocycles. The van der Waals surface area contributed by atoms with E-state index in [1.807, 2.05) is 0 Å². The Morgan fingerprint density at radius 2 is 1.85 bits per heavy atom. The van der Waals surface area contributed by atoms with Gasteiger partial charge in [0.1, 0.15) is 5.78 Å². The molecule has 20 heavy (non-hydrogen) atoms. The van der Waals surface area contributed by atoms with E-state index in [2.05, 4.69) is 15.9 Å². The van der Waals surface area contributed by atoms with Gasteiger partial charge < -0.3 is 0 Å². The van der Waals surface area contributed by atoms with Gasteiger partial charge in [-0.3, -0.25) is 25.0 Å². The van der Waals surface area contributed by atoms with Crippen molar-refractivity contribution in [3.63, 3.8) is 0 Å². The highest BCUT2D eigenvalue weighted by Gasteiger charge is 2.19. The molecule has 0 saturated carbocycles. The summed E-state index contributed by atoms with van der Waals surface area (Å²) in [5, 5.41) is 22.2. The highest BCUT2D eigenvalue weighted by atomic mass is 79.9. The minimum Gasteiger partial charge on any atom is -0.300 e. The molecular formula is C12H13BrN2O5. The Labute approximate surface area is 123 Å². The maximum Gasteiger partial charge on any atom is 0.279 e. The van der Waals surface area contributed by atoms with Crippen LogP contribution in [0.2, 0.25) is 0 Å². The molecule has 0 unspecified atom stereocenters. The van der Waals surface area contributed by atoms with Crippen LogP contribution in [0.25, 0.3) is 0 Å². The number of ketones is 1. The van der Waals surface area contributed by atoms with Crippen LogP contribution in [0.4, 0.5) is 11.4 Å². The summed E-state index contributed by atoms with van der Waals surface area (Å²) in [5.74, 6) is 0.0251. The highest BCUT2D eigenvalue weighted by Crippen LogP contribution is 2.25. The van der Waals surface area contributed by atoms with Crippen molar-refractivity contribution in [3.8, 4) is 0 Å². The average molecular weight is 345 g/mol. The van der Waals surface area contributed by atoms with Gasteiger partial charge in [0, 0.05) is 29.8 Å². The topological polar surface area (TPSA) is 103 Å². The molecule has 0 aromatic heterocycles. The minimum absolute atomic E-state index is 0.0251. The third kappa shape index (κ3) is 4.69. The largest absolute Gasteiger partial charge is 0.300 e. The molecule has 8 heteroatoms. The maximum atomic E-state index is 11.5. The lowest BCUT2D eigenvalue weighted by Crippen LogP contribution is -2.03. The van der Waals surface area contributed by atoms with Gasteiger partial charge in [0.25, 0.3) is 11.4 Å². The Morgan fingerprint density at radius 3 is 2.40 bits per heavy atom. The first-order chi connectivity index (χ1) is 9.45. The number of rotatable bonds is 8. The van der Waals surface area contributed by atoms with Gasteiger partial charge in [-0.25, -0.2) is 0 Å². The van der Waals surface area contributed by atoms with E-state index >= 15 is 0 Å². The number of benzene rings is 1. The van der Waals surface area contributed by atoms with Gasteiger partial charge >= 0.3 is 0 Å². The number of nitro groups is 2. The zero-order chi connectivity index (χ0) is 15.1. The van der Waals surface area contributed by atoms with Crippen molar-refractivity contribution in [2.45, 2.75) is 25.7 Å². The Kier molecular flexibility index (Phi) is 6.23. The first-order valence-electron chi connectivity index (χ1n) is 5.95. The van der Waals surface area contributed by atoms with E-state index in [4.69, 9.17) is 0 Å². The number of hydrogen-bond donors (Lipinski definition) is 0. The molecule has 1 aromatic rings. The molecule has 0 aliphatic heterocycles. The van der Waals surface area contributed by atoms with Gasteiger partial charge in [0.05, 0.1) is 15.9 Å². The molecule has 0 heterocycles. The number of nitrogens with zero attached hydrogens (tertiary/aromatic N) is 2. The zero-order valence-corrected chi connectivity index (χ0v) is 12.2. The minimum atomic E-state index is -0.683. The Balaban J connectivity index is 2.81. The summed E-state index contributed by atoms with van der Waals surface area (Å²) in [4.78, 5) is 31.7. The molecule has 0 N–H and O–H groups in total. The lowest BCUT2D eigenvalue weighted by atomic mass is 10.0. The fourth-order valence-electron chi connectivity index (χ4n) is 1.71. The SMILES string of the molecule is O=C(CCCBr)CCc1ccc([N+](=O)[O-])cc1[N+](=O)[O-]. The summed E-state index contributed by atoms with van der Waals surface area (Å²) < 4.78 is 0. The molecule has 0 aliphatic rings. The average Bonchev–Trinajstić information content (AvgIpc) is 2.42. The van der Waals surface area contributed by atoms with Crippen LogP contribution in [-0.2, 0) is 11.2 Å². The molecule has 0 atom stereocenters. The third-order valence-corrected chi connectivity index (χ3v) is 3.30. The molecule has 0 amide bonds. The van der Waals surface area contributed by atoms with Crippen molar-refractivity contribution in [3.05, 3.63) is 44.0 Å². The zero-order valence-electron chi connectivity index (χ0n) is 10.6. The van der Waals surface area contributed by atoms with Crippen molar-refractivity contribution < 1.29 is 14.6 Å². The number of carbonyl (C=O) groups is 1. The van der Waals surface area contributed by atoms with E-state index < -0.39 is 9.85 Å². The maximum absolute atomic E-state index is 11.5. The summed E-state index contributed by atoms with van der Waals surface area (Å²) in [7, 11) is 0. The van der Waals surface area contributed by atoms with E-state index in [0.717, 1.165) is 17.8 Å². The standard InChI is InChI=1S/C12H13BrN2O5/c13-7-1-2-11(16)6-4-9-3-5-10(14(17)18)8-12(9)15(19)20/h3,5,8H,1-2,4,6-7H2. The van der Waals surface area contributed by atoms with E-state index in [1.54, 1.807) is 0 Å². The number of carbonyl (C=O) groups excluding carboxylic acids is 1. The smallest absolute Gasteiger partial charge is 0.279 e. The van der Waals surface area contributed by atoms with Crippen LogP contribution in [-0.4, -0.2) is 21.0 Å². The molecular weight excluding hydrogens is 332 g/mol. The van der Waals surface area contributed by atoms with E-state index in [9.17, 15) is 25.0 Å². The van der Waals surface area contributed by atoms with Gasteiger partial charge in [0.2, 0.25) is 0 Å². The molecule has 1 rings (SSSR count). The predicted octanol–water partition coefficient (Wildman–Crippen LogP) is 3.18. The lowest BCUT2D eigenvalue weighted by Gasteiger charge is -2.03. The summed E-state index contributed by atoms with van der Waals surface area (Å²) in [6, 6.07) is 3.48. The number of aryl methyl sites for hydroxylation is 1. The van der Waals surface area contributed by atoms with Gasteiger partial charge in [-0.2, -0.15) is 0 Å². The Bertz CT molecular complexity index is 533. The Morgan fingerprint density at radius 1 is 1.15 bits per heavy atom. The summed E-state index contributed by atoms with van der Waals surface area (Å²) in [6.45, 7) is 0. The summed E-state index contributed by atoms with van der Waals surface area (Å²) >= 11 is 3.22. The van der Waals surface area contributed by atoms with Crippen LogP contribution >= 0.6 is 15.9 Å². The van der Waals surface area contributed by atoms with Crippen molar-refractivity contribution in [2.24, 2.45) is 0 Å². The summed E-state index contributed by atoms with van der Waals surface area (Å²) in [5.41, 5.74) is -0.300. The first-order valence-corrected chi connectivity index (χ1v) is 7.07. The fraction of sp³-hybridized carbons (Fsp3) is 0.417. The normalized spacial score (nSPS) is 10.2. The number of halogens is 1. The van der Waals surface area contributed by atoms with Crippen molar-refractivity contribution in [1.29, 1.82) is 0 Å². The second-order valence-electron chi connectivity index (χ2n) is 4.16. The molecule has 108 valence electrons. The first kappa shape index (κ1) is 16.2. The van der Waals surface area contributed by atoms with Crippen LogP contribution in [0.5, 0.6) is 0 Å². The van der Waals surface area contributed by atoms with Crippen molar-refractivity contribution >= 4 is 33.1 Å². The van der Waals surface area contributed by atoms with Crippen molar-refractivity contribution in [1.82, 2.24) is 0 Å². The van der Waals surface area contributed by atoms with E-state index in [0.29, 0.717) is 12.0 Å². The molecule has 0 spiro atoms. The van der Waals surface area contributed by atoms with Crippen LogP contribution in [0.1, 0.15) is 24.8 Å². The molecule has 1 aromatic carbocycles. The number of non-ortho nitro benzene ring substituents is 1. The van der Waals surface area contributed by atoms with Gasteiger partial charge in [-0.1, -0.05) is 15.9 Å². The lowest BCUT2D eigenvalue weighted by molar-refractivity contribution is -0.394. The van der Waals surface area contributed by atoms with E-state index in [-0.39, 0.29) is 30.0 Å². The second kappa shape index (κ2) is 7.68. The van der Waals surface area contributed by atoms with Gasteiger partial charge in [0.15, 0.2) is 0 Å². The van der Waals surface area contributed by atoms with Crippen LogP contribution in [0.15, 0.2) is 18.2 Å². The third-order valence-electron chi connectivity index (χ3n) is 2.74. The quantitative estimate of drug-likeness (QED) is 0.409. The molecule has 0 fully saturated rings. The molecule has 0 bridgehead atoms. The van der Waals surface area contributed by atoms with Crippen LogP contribution < -0.4 is 0 Å². The highest BCUT2D eigenvalue weighted by molar-refractivity contribution is 9.09. The number of nitro benzene ring substituents is 2. The molecule has 0 saturated heterocycles. The second-order valence-corrected chi connectivity index (χ2v) is 4.95. The predicted molar refractivity (Wildman–Crippen MR) is 76.1 cm³/mol. The molecule has 0 radical (unpaired) electrons.